The number of unbranched alkanes of at least 4 members (excludes halogenated alkanes) is 5. The predicted molar refractivity (Wildman–Crippen MR) is 128 cm³/mol. The van der Waals surface area contributed by atoms with Crippen molar-refractivity contribution in [1.29, 1.82) is 5.26 Å². The van der Waals surface area contributed by atoms with E-state index in [9.17, 15) is 5.26 Å². The predicted octanol–water partition coefficient (Wildman–Crippen LogP) is 6.92. The summed E-state index contributed by atoms with van der Waals surface area (Å²) in [5.41, 5.74) is 11.1. The summed E-state index contributed by atoms with van der Waals surface area (Å²) in [7, 11) is 0. The van der Waals surface area contributed by atoms with Crippen LogP contribution in [0.1, 0.15) is 56.6 Å². The van der Waals surface area contributed by atoms with Gasteiger partial charge in [0, 0.05) is 11.1 Å². The van der Waals surface area contributed by atoms with Crippen LogP contribution in [0.4, 0.5) is 5.82 Å². The van der Waals surface area contributed by atoms with Gasteiger partial charge in [0.2, 0.25) is 0 Å². The third-order valence-electron chi connectivity index (χ3n) is 5.54. The minimum absolute atomic E-state index is 0.255. The van der Waals surface area contributed by atoms with Crippen molar-refractivity contribution < 1.29 is 4.74 Å². The van der Waals surface area contributed by atoms with E-state index in [1.54, 1.807) is 0 Å². The molecule has 0 amide bonds. The molecule has 0 unspecified atom stereocenters. The van der Waals surface area contributed by atoms with E-state index in [2.05, 4.69) is 18.0 Å². The molecule has 0 saturated heterocycles. The van der Waals surface area contributed by atoms with E-state index in [4.69, 9.17) is 10.5 Å². The van der Waals surface area contributed by atoms with Gasteiger partial charge in [-0.25, -0.2) is 4.98 Å². The van der Waals surface area contributed by atoms with Crippen molar-refractivity contribution in [2.45, 2.75) is 52.4 Å². The Kier molecular flexibility index (Phi) is 8.06. The lowest BCUT2D eigenvalue weighted by atomic mass is 9.93. The molecule has 0 bridgehead atoms. The third kappa shape index (κ3) is 5.64. The van der Waals surface area contributed by atoms with Crippen LogP contribution in [0, 0.1) is 18.3 Å². The zero-order chi connectivity index (χ0) is 22.1. The number of aromatic nitrogens is 1. The molecule has 0 spiro atoms. The van der Waals surface area contributed by atoms with Crippen LogP contribution >= 0.6 is 0 Å². The van der Waals surface area contributed by atoms with E-state index in [1.165, 1.54) is 32.1 Å². The summed E-state index contributed by atoms with van der Waals surface area (Å²) in [6.45, 7) is 4.96. The fourth-order valence-electron chi connectivity index (χ4n) is 3.84. The normalized spacial score (nSPS) is 10.6. The Bertz CT molecular complexity index is 1020. The van der Waals surface area contributed by atoms with Crippen molar-refractivity contribution in [3.8, 4) is 34.2 Å². The number of ether oxygens (including phenoxy) is 1. The fourth-order valence-corrected chi connectivity index (χ4v) is 3.84. The summed E-state index contributed by atoms with van der Waals surface area (Å²) in [5, 5.41) is 9.73. The maximum absolute atomic E-state index is 9.73. The molecule has 160 valence electrons. The number of nitrogens with two attached hydrogens (primary N) is 1. The van der Waals surface area contributed by atoms with Crippen molar-refractivity contribution in [2.24, 2.45) is 0 Å². The smallest absolute Gasteiger partial charge is 0.142 e. The first-order valence-corrected chi connectivity index (χ1v) is 11.1. The average Bonchev–Trinajstić information content (AvgIpc) is 2.80. The molecular formula is C27H31N3O. The number of hydrogen-bond donors (Lipinski definition) is 1. The molecule has 0 aliphatic rings. The van der Waals surface area contributed by atoms with Crippen LogP contribution < -0.4 is 10.5 Å². The van der Waals surface area contributed by atoms with Gasteiger partial charge in [0.1, 0.15) is 23.2 Å². The van der Waals surface area contributed by atoms with Crippen molar-refractivity contribution in [3.05, 3.63) is 65.7 Å². The number of nitrogens with zero attached hydrogens (tertiary/aromatic N) is 2. The number of nitrogen functional groups attached to an aromatic ring is 1. The molecule has 2 N–H and O–H groups in total. The first-order valence-electron chi connectivity index (χ1n) is 11.1. The Morgan fingerprint density at radius 2 is 1.58 bits per heavy atom. The third-order valence-corrected chi connectivity index (χ3v) is 5.54. The van der Waals surface area contributed by atoms with Crippen LogP contribution in [0.3, 0.4) is 0 Å². The number of pyridine rings is 1. The molecule has 3 aromatic rings. The monoisotopic (exact) mass is 413 g/mol. The van der Waals surface area contributed by atoms with E-state index >= 15 is 0 Å². The molecule has 2 aromatic carbocycles. The van der Waals surface area contributed by atoms with E-state index in [0.29, 0.717) is 5.56 Å². The molecule has 4 nitrogen and oxygen atoms in total. The largest absolute Gasteiger partial charge is 0.494 e. The Morgan fingerprint density at radius 1 is 0.903 bits per heavy atom. The fraction of sp³-hybridized carbons (Fsp3) is 0.333. The SMILES string of the molecule is CCCCCCCCOc1ccc(-c2c(C)c(-c3ccccc3)nc(N)c2C#N)cc1. The summed E-state index contributed by atoms with van der Waals surface area (Å²) in [5.74, 6) is 1.10. The molecule has 31 heavy (non-hydrogen) atoms. The highest BCUT2D eigenvalue weighted by Crippen LogP contribution is 2.36. The molecule has 3 rings (SSSR count). The molecular weight excluding hydrogens is 382 g/mol. The van der Waals surface area contributed by atoms with Gasteiger partial charge in [0.05, 0.1) is 12.3 Å². The molecule has 0 atom stereocenters. The summed E-state index contributed by atoms with van der Waals surface area (Å²) >= 11 is 0. The standard InChI is InChI=1S/C27H31N3O/c1-3-4-5-6-7-11-18-31-23-16-14-21(15-17-23)25-20(2)26(22-12-9-8-10-13-22)30-27(29)24(25)19-28/h8-10,12-17H,3-7,11,18H2,1-2H3,(H2,29,30). The number of anilines is 1. The summed E-state index contributed by atoms with van der Waals surface area (Å²) in [6, 6.07) is 20.1. The average molecular weight is 414 g/mol. The van der Waals surface area contributed by atoms with Gasteiger partial charge < -0.3 is 10.5 Å². The van der Waals surface area contributed by atoms with Crippen LogP contribution in [-0.4, -0.2) is 11.6 Å². The zero-order valence-corrected chi connectivity index (χ0v) is 18.5. The van der Waals surface area contributed by atoms with Gasteiger partial charge in [-0.1, -0.05) is 81.5 Å². The lowest BCUT2D eigenvalue weighted by Gasteiger charge is -2.15. The minimum Gasteiger partial charge on any atom is -0.494 e. The first kappa shape index (κ1) is 22.4. The van der Waals surface area contributed by atoms with Crippen molar-refractivity contribution in [1.82, 2.24) is 4.98 Å². The van der Waals surface area contributed by atoms with Crippen LogP contribution in [0.25, 0.3) is 22.4 Å². The summed E-state index contributed by atoms with van der Waals surface area (Å²) < 4.78 is 5.90. The summed E-state index contributed by atoms with van der Waals surface area (Å²) in [4.78, 5) is 4.52. The highest BCUT2D eigenvalue weighted by Gasteiger charge is 2.18. The molecule has 0 saturated carbocycles. The lowest BCUT2D eigenvalue weighted by molar-refractivity contribution is 0.304. The van der Waals surface area contributed by atoms with Gasteiger partial charge in [0.25, 0.3) is 0 Å². The summed E-state index contributed by atoms with van der Waals surface area (Å²) in [6.07, 6.45) is 7.46. The molecule has 4 heteroatoms. The first-order chi connectivity index (χ1) is 15.2. The van der Waals surface area contributed by atoms with Gasteiger partial charge >= 0.3 is 0 Å². The molecule has 0 aliphatic carbocycles. The number of nitriles is 1. The van der Waals surface area contributed by atoms with Crippen molar-refractivity contribution >= 4 is 5.82 Å². The van der Waals surface area contributed by atoms with Gasteiger partial charge in [-0.3, -0.25) is 0 Å². The quantitative estimate of drug-likeness (QED) is 0.366. The lowest BCUT2D eigenvalue weighted by Crippen LogP contribution is -2.03. The van der Waals surface area contributed by atoms with Crippen LogP contribution in [-0.2, 0) is 0 Å². The molecule has 0 radical (unpaired) electrons. The Morgan fingerprint density at radius 3 is 2.26 bits per heavy atom. The van der Waals surface area contributed by atoms with Gasteiger partial charge in [0.15, 0.2) is 0 Å². The molecule has 0 aliphatic heterocycles. The van der Waals surface area contributed by atoms with Crippen LogP contribution in [0.5, 0.6) is 5.75 Å². The van der Waals surface area contributed by atoms with Crippen LogP contribution in [0.2, 0.25) is 0 Å². The topological polar surface area (TPSA) is 71.9 Å². The highest BCUT2D eigenvalue weighted by atomic mass is 16.5. The van der Waals surface area contributed by atoms with E-state index in [0.717, 1.165) is 46.7 Å². The second kappa shape index (κ2) is 11.2. The maximum atomic E-state index is 9.73. The molecule has 1 aromatic heterocycles. The van der Waals surface area contributed by atoms with Gasteiger partial charge in [-0.05, 0) is 36.6 Å². The van der Waals surface area contributed by atoms with Crippen molar-refractivity contribution in [3.63, 3.8) is 0 Å². The van der Waals surface area contributed by atoms with Gasteiger partial charge in [-0.15, -0.1) is 0 Å². The van der Waals surface area contributed by atoms with E-state index in [1.807, 2.05) is 61.5 Å². The van der Waals surface area contributed by atoms with Gasteiger partial charge in [-0.2, -0.15) is 5.26 Å². The molecule has 1 heterocycles. The Labute approximate surface area is 185 Å². The Hall–Kier alpha value is -3.32. The Balaban J connectivity index is 1.78. The number of rotatable bonds is 10. The van der Waals surface area contributed by atoms with E-state index < -0.39 is 0 Å². The van der Waals surface area contributed by atoms with Crippen LogP contribution in [0.15, 0.2) is 54.6 Å². The molecule has 0 fully saturated rings. The maximum Gasteiger partial charge on any atom is 0.142 e. The number of benzene rings is 2. The second-order valence-corrected chi connectivity index (χ2v) is 7.84. The van der Waals surface area contributed by atoms with E-state index in [-0.39, 0.29) is 5.82 Å². The second-order valence-electron chi connectivity index (χ2n) is 7.84. The van der Waals surface area contributed by atoms with Crippen molar-refractivity contribution in [2.75, 3.05) is 12.3 Å². The zero-order valence-electron chi connectivity index (χ0n) is 18.5. The number of hydrogen-bond acceptors (Lipinski definition) is 4. The highest BCUT2D eigenvalue weighted by molar-refractivity contribution is 5.84. The minimum atomic E-state index is 0.255.